The molecule has 0 unspecified atom stereocenters. The Bertz CT molecular complexity index is 820. The first-order chi connectivity index (χ1) is 12.6. The van der Waals surface area contributed by atoms with Gasteiger partial charge in [-0.2, -0.15) is 0 Å². The second-order valence-corrected chi connectivity index (χ2v) is 6.00. The Labute approximate surface area is 151 Å². The van der Waals surface area contributed by atoms with Gasteiger partial charge in [-0.15, -0.1) is 0 Å². The zero-order valence-electron chi connectivity index (χ0n) is 14.5. The van der Waals surface area contributed by atoms with Crippen molar-refractivity contribution in [2.24, 2.45) is 5.92 Å². The molecule has 1 N–H and O–H groups in total. The molecule has 6 nitrogen and oxygen atoms in total. The fourth-order valence-electron chi connectivity index (χ4n) is 2.95. The van der Waals surface area contributed by atoms with Crippen molar-refractivity contribution in [3.8, 4) is 0 Å². The predicted molar refractivity (Wildman–Crippen MR) is 97.9 cm³/mol. The molecular formula is C20H20N2O4. The second kappa shape index (κ2) is 7.82. The van der Waals surface area contributed by atoms with Gasteiger partial charge in [-0.1, -0.05) is 30.3 Å². The number of esters is 1. The van der Waals surface area contributed by atoms with E-state index in [1.54, 1.807) is 36.1 Å². The first-order valence-corrected chi connectivity index (χ1v) is 8.52. The number of carbonyl (C=O) groups excluding carboxylic acids is 3. The number of para-hydroxylation sites is 2. The normalized spacial score (nSPS) is 16.4. The van der Waals surface area contributed by atoms with Gasteiger partial charge < -0.3 is 15.0 Å². The number of amides is 2. The SMILES string of the molecule is CCOC(=O)c1ccccc1NC(=O)[C@@H]1CC(=O)N(c2ccccc2)C1. The van der Waals surface area contributed by atoms with Gasteiger partial charge in [0.15, 0.2) is 0 Å². The Morgan fingerprint density at radius 2 is 1.81 bits per heavy atom. The molecule has 0 aromatic heterocycles. The maximum Gasteiger partial charge on any atom is 0.340 e. The number of nitrogens with one attached hydrogen (secondary N) is 1. The Morgan fingerprint density at radius 1 is 1.12 bits per heavy atom. The molecule has 1 saturated heterocycles. The molecule has 2 amide bonds. The lowest BCUT2D eigenvalue weighted by Crippen LogP contribution is -2.28. The summed E-state index contributed by atoms with van der Waals surface area (Å²) in [5.41, 5.74) is 1.47. The van der Waals surface area contributed by atoms with Crippen molar-refractivity contribution in [1.29, 1.82) is 0 Å². The van der Waals surface area contributed by atoms with Crippen LogP contribution in [0, 0.1) is 5.92 Å². The minimum atomic E-state index is -0.489. The van der Waals surface area contributed by atoms with Gasteiger partial charge in [-0.3, -0.25) is 9.59 Å². The molecule has 1 aliphatic heterocycles. The molecule has 2 aromatic carbocycles. The van der Waals surface area contributed by atoms with E-state index in [4.69, 9.17) is 4.74 Å². The summed E-state index contributed by atoms with van der Waals surface area (Å²) in [5.74, 6) is -1.33. The molecule has 0 aliphatic carbocycles. The van der Waals surface area contributed by atoms with E-state index in [-0.39, 0.29) is 24.8 Å². The monoisotopic (exact) mass is 352 g/mol. The minimum Gasteiger partial charge on any atom is -0.462 e. The van der Waals surface area contributed by atoms with Crippen LogP contribution in [0.15, 0.2) is 54.6 Å². The summed E-state index contributed by atoms with van der Waals surface area (Å²) in [5, 5.41) is 2.77. The number of nitrogens with zero attached hydrogens (tertiary/aromatic N) is 1. The van der Waals surface area contributed by atoms with Gasteiger partial charge in [0.1, 0.15) is 0 Å². The van der Waals surface area contributed by atoms with Crippen LogP contribution in [0.4, 0.5) is 11.4 Å². The first kappa shape index (κ1) is 17.7. The van der Waals surface area contributed by atoms with Crippen molar-refractivity contribution in [3.05, 3.63) is 60.2 Å². The van der Waals surface area contributed by atoms with E-state index >= 15 is 0 Å². The largest absolute Gasteiger partial charge is 0.462 e. The van der Waals surface area contributed by atoms with Gasteiger partial charge in [0.05, 0.1) is 23.8 Å². The number of hydrogen-bond donors (Lipinski definition) is 1. The first-order valence-electron chi connectivity index (χ1n) is 8.52. The van der Waals surface area contributed by atoms with Crippen LogP contribution >= 0.6 is 0 Å². The average Bonchev–Trinajstić information content (AvgIpc) is 3.05. The molecular weight excluding hydrogens is 332 g/mol. The van der Waals surface area contributed by atoms with Gasteiger partial charge in [-0.25, -0.2) is 4.79 Å². The molecule has 1 atom stereocenters. The van der Waals surface area contributed by atoms with Gasteiger partial charge in [0.25, 0.3) is 0 Å². The number of hydrogen-bond acceptors (Lipinski definition) is 4. The number of anilines is 2. The molecule has 3 rings (SSSR count). The molecule has 1 aliphatic rings. The van der Waals surface area contributed by atoms with Crippen LogP contribution in [0.5, 0.6) is 0 Å². The summed E-state index contributed by atoms with van der Waals surface area (Å²) in [4.78, 5) is 38.5. The molecule has 6 heteroatoms. The van der Waals surface area contributed by atoms with Crippen molar-refractivity contribution in [2.45, 2.75) is 13.3 Å². The lowest BCUT2D eigenvalue weighted by Gasteiger charge is -2.17. The van der Waals surface area contributed by atoms with Crippen molar-refractivity contribution >= 4 is 29.2 Å². The van der Waals surface area contributed by atoms with E-state index < -0.39 is 11.9 Å². The standard InChI is InChI=1S/C20H20N2O4/c1-2-26-20(25)16-10-6-7-11-17(16)21-19(24)14-12-18(23)22(13-14)15-8-4-3-5-9-15/h3-11,14H,2,12-13H2,1H3,(H,21,24)/t14-/m1/s1. The molecule has 0 bridgehead atoms. The Morgan fingerprint density at radius 3 is 2.54 bits per heavy atom. The third-order valence-electron chi connectivity index (χ3n) is 4.24. The summed E-state index contributed by atoms with van der Waals surface area (Å²) in [7, 11) is 0. The van der Waals surface area contributed by atoms with Crippen molar-refractivity contribution < 1.29 is 19.1 Å². The third-order valence-corrected chi connectivity index (χ3v) is 4.24. The van der Waals surface area contributed by atoms with Crippen LogP contribution in [0.2, 0.25) is 0 Å². The lowest BCUT2D eigenvalue weighted by molar-refractivity contribution is -0.122. The van der Waals surface area contributed by atoms with Crippen LogP contribution in [0.3, 0.4) is 0 Å². The van der Waals surface area contributed by atoms with Crippen LogP contribution in [0.25, 0.3) is 0 Å². The molecule has 0 spiro atoms. The topological polar surface area (TPSA) is 75.7 Å². The van der Waals surface area contributed by atoms with E-state index in [0.717, 1.165) is 5.69 Å². The third kappa shape index (κ3) is 3.74. The number of benzene rings is 2. The van der Waals surface area contributed by atoms with Gasteiger partial charge >= 0.3 is 5.97 Å². The molecule has 2 aromatic rings. The Hall–Kier alpha value is -3.15. The zero-order chi connectivity index (χ0) is 18.5. The number of rotatable bonds is 5. The highest BCUT2D eigenvalue weighted by Gasteiger charge is 2.35. The maximum absolute atomic E-state index is 12.6. The summed E-state index contributed by atoms with van der Waals surface area (Å²) < 4.78 is 5.02. The fraction of sp³-hybridized carbons (Fsp3) is 0.250. The smallest absolute Gasteiger partial charge is 0.340 e. The number of ether oxygens (including phenoxy) is 1. The van der Waals surface area contributed by atoms with Crippen LogP contribution < -0.4 is 10.2 Å². The summed E-state index contributed by atoms with van der Waals surface area (Å²) in [6.45, 7) is 2.29. The molecule has 26 heavy (non-hydrogen) atoms. The van der Waals surface area contributed by atoms with E-state index in [0.29, 0.717) is 17.8 Å². The van der Waals surface area contributed by atoms with Crippen molar-refractivity contribution in [3.63, 3.8) is 0 Å². The van der Waals surface area contributed by atoms with E-state index in [9.17, 15) is 14.4 Å². The number of carbonyl (C=O) groups is 3. The highest BCUT2D eigenvalue weighted by Crippen LogP contribution is 2.26. The van der Waals surface area contributed by atoms with Crippen molar-refractivity contribution in [2.75, 3.05) is 23.4 Å². The second-order valence-electron chi connectivity index (χ2n) is 6.00. The zero-order valence-corrected chi connectivity index (χ0v) is 14.5. The van der Waals surface area contributed by atoms with E-state index in [1.165, 1.54) is 0 Å². The van der Waals surface area contributed by atoms with Gasteiger partial charge in [-0.05, 0) is 31.2 Å². The minimum absolute atomic E-state index is 0.0879. The highest BCUT2D eigenvalue weighted by atomic mass is 16.5. The summed E-state index contributed by atoms with van der Waals surface area (Å²) in [6.07, 6.45) is 0.141. The van der Waals surface area contributed by atoms with E-state index in [1.807, 2.05) is 30.3 Å². The molecule has 134 valence electrons. The average molecular weight is 352 g/mol. The maximum atomic E-state index is 12.6. The molecule has 1 fully saturated rings. The predicted octanol–water partition coefficient (Wildman–Crippen LogP) is 2.85. The molecule has 1 heterocycles. The van der Waals surface area contributed by atoms with Crippen LogP contribution in [0.1, 0.15) is 23.7 Å². The fourth-order valence-corrected chi connectivity index (χ4v) is 2.95. The summed E-state index contributed by atoms with van der Waals surface area (Å²) in [6, 6.07) is 16.0. The Kier molecular flexibility index (Phi) is 5.31. The van der Waals surface area contributed by atoms with E-state index in [2.05, 4.69) is 5.32 Å². The van der Waals surface area contributed by atoms with Crippen LogP contribution in [-0.4, -0.2) is 30.9 Å². The molecule has 0 saturated carbocycles. The highest BCUT2D eigenvalue weighted by molar-refractivity contribution is 6.06. The quantitative estimate of drug-likeness (QED) is 0.840. The molecule has 0 radical (unpaired) electrons. The Balaban J connectivity index is 1.72. The van der Waals surface area contributed by atoms with Crippen molar-refractivity contribution in [1.82, 2.24) is 0 Å². The van der Waals surface area contributed by atoms with Gasteiger partial charge in [0, 0.05) is 18.7 Å². The lowest BCUT2D eigenvalue weighted by atomic mass is 10.1. The summed E-state index contributed by atoms with van der Waals surface area (Å²) >= 11 is 0. The van der Waals surface area contributed by atoms with Crippen LogP contribution in [-0.2, 0) is 14.3 Å². The van der Waals surface area contributed by atoms with Gasteiger partial charge in [0.2, 0.25) is 11.8 Å².